The lowest BCUT2D eigenvalue weighted by atomic mass is 9.74. The normalized spacial score (nSPS) is 15.6. The van der Waals surface area contributed by atoms with E-state index in [1.54, 1.807) is 53.8 Å². The molecule has 0 saturated carbocycles. The smallest absolute Gasteiger partial charge is 0.338 e. The topological polar surface area (TPSA) is 69.9 Å². The molecule has 3 aromatic rings. The van der Waals surface area contributed by atoms with Crippen molar-refractivity contribution in [2.24, 2.45) is 5.41 Å². The molecule has 0 aliphatic carbocycles. The first-order valence-electron chi connectivity index (χ1n) is 10.5. The third-order valence-corrected chi connectivity index (χ3v) is 6.09. The van der Waals surface area contributed by atoms with Gasteiger partial charge in [0.15, 0.2) is 0 Å². The summed E-state index contributed by atoms with van der Waals surface area (Å²) in [5.41, 5.74) is 0.188. The Hall–Kier alpha value is -3.73. The highest BCUT2D eigenvalue weighted by atomic mass is 19.4. The summed E-state index contributed by atoms with van der Waals surface area (Å²) in [5.74, 6) is -0.211. The second-order valence-corrected chi connectivity index (χ2v) is 8.15. The summed E-state index contributed by atoms with van der Waals surface area (Å²) in [6.07, 6.45) is 0.975. The van der Waals surface area contributed by atoms with E-state index < -0.39 is 17.2 Å². The van der Waals surface area contributed by atoms with E-state index in [-0.39, 0.29) is 31.0 Å². The fourth-order valence-electron chi connectivity index (χ4n) is 4.27. The Morgan fingerprint density at radius 2 is 1.73 bits per heavy atom. The summed E-state index contributed by atoms with van der Waals surface area (Å²) in [4.78, 5) is 23.3. The van der Waals surface area contributed by atoms with Crippen LogP contribution in [0.15, 0.2) is 67.1 Å². The van der Waals surface area contributed by atoms with Gasteiger partial charge in [-0.2, -0.15) is 18.4 Å². The monoisotopic (exact) mass is 450 g/mol. The second kappa shape index (κ2) is 9.02. The van der Waals surface area contributed by atoms with Crippen LogP contribution in [0.2, 0.25) is 0 Å². The van der Waals surface area contributed by atoms with E-state index in [1.165, 1.54) is 12.1 Å². The number of hydrogen-bond donors (Lipinski definition) is 0. The van der Waals surface area contributed by atoms with Gasteiger partial charge in [-0.25, -0.2) is 0 Å². The fraction of sp³-hybridized carbons (Fsp3) is 0.280. The summed E-state index contributed by atoms with van der Waals surface area (Å²) < 4.78 is 40.3. The molecule has 0 unspecified atom stereocenters. The van der Waals surface area contributed by atoms with E-state index in [9.17, 15) is 23.2 Å². The number of carbonyl (C=O) groups excluding carboxylic acids is 1. The van der Waals surface area contributed by atoms with Gasteiger partial charge in [-0.3, -0.25) is 14.8 Å². The number of benzene rings is 1. The minimum atomic E-state index is -4.48. The molecule has 0 bridgehead atoms. The van der Waals surface area contributed by atoms with Gasteiger partial charge in [0.25, 0.3) is 5.91 Å². The van der Waals surface area contributed by atoms with Crippen molar-refractivity contribution in [1.29, 1.82) is 5.26 Å². The van der Waals surface area contributed by atoms with Gasteiger partial charge in [-0.15, -0.1) is 0 Å². The van der Waals surface area contributed by atoms with E-state index in [2.05, 4.69) is 16.0 Å². The zero-order chi connectivity index (χ0) is 23.5. The van der Waals surface area contributed by atoms with E-state index in [0.29, 0.717) is 24.1 Å². The first-order valence-corrected chi connectivity index (χ1v) is 10.5. The molecule has 4 rings (SSSR count). The highest BCUT2D eigenvalue weighted by Gasteiger charge is 2.40. The number of alkyl halides is 3. The lowest BCUT2D eigenvalue weighted by Gasteiger charge is -2.38. The molecular weight excluding hydrogens is 429 g/mol. The number of hydrogen-bond acceptors (Lipinski definition) is 4. The average molecular weight is 450 g/mol. The number of nitriles is 1. The van der Waals surface area contributed by atoms with Gasteiger partial charge in [0, 0.05) is 37.2 Å². The van der Waals surface area contributed by atoms with Crippen LogP contribution < -0.4 is 0 Å². The second-order valence-electron chi connectivity index (χ2n) is 8.15. The van der Waals surface area contributed by atoms with Gasteiger partial charge >= 0.3 is 6.18 Å². The van der Waals surface area contributed by atoms with Crippen LogP contribution >= 0.6 is 0 Å². The van der Waals surface area contributed by atoms with Crippen LogP contribution in [0.25, 0.3) is 11.3 Å². The number of likely N-dealkylation sites (tertiary alicyclic amines) is 1. The highest BCUT2D eigenvalue weighted by Crippen LogP contribution is 2.39. The maximum Gasteiger partial charge on any atom is 0.416 e. The Kier molecular flexibility index (Phi) is 6.14. The SMILES string of the molecule is N#CC1(Cc2ccccc2C(F)(F)F)CCN(C(=O)c2cccnc2-c2ccncc2)CC1. The van der Waals surface area contributed by atoms with Gasteiger partial charge in [-0.1, -0.05) is 18.2 Å². The van der Waals surface area contributed by atoms with Crippen molar-refractivity contribution in [3.05, 3.63) is 83.8 Å². The summed E-state index contributed by atoms with van der Waals surface area (Å²) >= 11 is 0. The van der Waals surface area contributed by atoms with Crippen molar-refractivity contribution in [2.45, 2.75) is 25.4 Å². The average Bonchev–Trinajstić information content (AvgIpc) is 2.84. The van der Waals surface area contributed by atoms with E-state index in [4.69, 9.17) is 0 Å². The molecule has 33 heavy (non-hydrogen) atoms. The molecule has 0 N–H and O–H groups in total. The molecule has 1 amide bonds. The Bertz CT molecular complexity index is 1180. The van der Waals surface area contributed by atoms with E-state index in [1.807, 2.05) is 0 Å². The Balaban J connectivity index is 1.53. The maximum absolute atomic E-state index is 13.4. The molecule has 3 heterocycles. The molecule has 0 radical (unpaired) electrons. The number of nitrogens with zero attached hydrogens (tertiary/aromatic N) is 4. The third-order valence-electron chi connectivity index (χ3n) is 6.09. The fourth-order valence-corrected chi connectivity index (χ4v) is 4.27. The Morgan fingerprint density at radius 1 is 1.03 bits per heavy atom. The van der Waals surface area contributed by atoms with Crippen molar-refractivity contribution in [3.63, 3.8) is 0 Å². The summed E-state index contributed by atoms with van der Waals surface area (Å²) in [6.45, 7) is 0.566. The number of halogens is 3. The number of carbonyl (C=O) groups is 1. The zero-order valence-corrected chi connectivity index (χ0v) is 17.7. The first kappa shape index (κ1) is 22.5. The number of aromatic nitrogens is 2. The standard InChI is InChI=1S/C25H21F3N4O/c26-25(27,28)21-6-2-1-4-19(21)16-24(17-29)9-14-32(15-10-24)23(33)20-5-3-11-31-22(20)18-7-12-30-13-8-18/h1-8,11-13H,9-10,14-16H2. The summed E-state index contributed by atoms with van der Waals surface area (Å²) in [6, 6.07) is 14.6. The number of amides is 1. The highest BCUT2D eigenvalue weighted by molar-refractivity contribution is 5.99. The lowest BCUT2D eigenvalue weighted by Crippen LogP contribution is -2.43. The molecule has 1 fully saturated rings. The molecule has 1 aliphatic rings. The van der Waals surface area contributed by atoms with Gasteiger partial charge in [0.2, 0.25) is 0 Å². The maximum atomic E-state index is 13.4. The number of rotatable bonds is 4. The van der Waals surface area contributed by atoms with Crippen LogP contribution in [0.1, 0.15) is 34.3 Å². The molecule has 0 atom stereocenters. The first-order chi connectivity index (χ1) is 15.8. The largest absolute Gasteiger partial charge is 0.416 e. The van der Waals surface area contributed by atoms with Gasteiger partial charge in [-0.05, 0) is 55.2 Å². The van der Waals surface area contributed by atoms with E-state index >= 15 is 0 Å². The van der Waals surface area contributed by atoms with Gasteiger partial charge < -0.3 is 4.90 Å². The Morgan fingerprint density at radius 3 is 2.39 bits per heavy atom. The van der Waals surface area contributed by atoms with Crippen LogP contribution in [0.3, 0.4) is 0 Å². The van der Waals surface area contributed by atoms with Crippen molar-refractivity contribution in [2.75, 3.05) is 13.1 Å². The van der Waals surface area contributed by atoms with Crippen LogP contribution in [0.5, 0.6) is 0 Å². The van der Waals surface area contributed by atoms with Crippen LogP contribution in [-0.2, 0) is 12.6 Å². The predicted molar refractivity (Wildman–Crippen MR) is 116 cm³/mol. The quantitative estimate of drug-likeness (QED) is 0.551. The molecule has 0 spiro atoms. The minimum Gasteiger partial charge on any atom is -0.338 e. The van der Waals surface area contributed by atoms with Gasteiger partial charge in [0.05, 0.1) is 28.3 Å². The van der Waals surface area contributed by atoms with Crippen molar-refractivity contribution >= 4 is 5.91 Å². The van der Waals surface area contributed by atoms with Crippen LogP contribution in [-0.4, -0.2) is 33.9 Å². The molecule has 1 saturated heterocycles. The number of pyridine rings is 2. The molecular formula is C25H21F3N4O. The van der Waals surface area contributed by atoms with Crippen molar-refractivity contribution in [3.8, 4) is 17.3 Å². The summed E-state index contributed by atoms with van der Waals surface area (Å²) in [5, 5.41) is 9.88. The number of piperidine rings is 1. The van der Waals surface area contributed by atoms with E-state index in [0.717, 1.165) is 11.6 Å². The Labute approximate surface area is 189 Å². The molecule has 5 nitrogen and oxygen atoms in total. The zero-order valence-electron chi connectivity index (χ0n) is 17.7. The predicted octanol–water partition coefficient (Wildman–Crippen LogP) is 5.15. The molecule has 8 heteroatoms. The molecule has 1 aliphatic heterocycles. The molecule has 2 aromatic heterocycles. The third kappa shape index (κ3) is 4.72. The lowest BCUT2D eigenvalue weighted by molar-refractivity contribution is -0.138. The van der Waals surface area contributed by atoms with Crippen LogP contribution in [0, 0.1) is 16.7 Å². The molecule has 168 valence electrons. The summed E-state index contributed by atoms with van der Waals surface area (Å²) in [7, 11) is 0. The molecule has 1 aromatic carbocycles. The minimum absolute atomic E-state index is 0.00360. The van der Waals surface area contributed by atoms with Crippen molar-refractivity contribution < 1.29 is 18.0 Å². The van der Waals surface area contributed by atoms with Gasteiger partial charge in [0.1, 0.15) is 0 Å². The van der Waals surface area contributed by atoms with Crippen molar-refractivity contribution in [1.82, 2.24) is 14.9 Å². The van der Waals surface area contributed by atoms with Crippen LogP contribution in [0.4, 0.5) is 13.2 Å².